The van der Waals surface area contributed by atoms with Gasteiger partial charge < -0.3 is 5.11 Å². The van der Waals surface area contributed by atoms with Crippen molar-refractivity contribution in [3.05, 3.63) is 18.0 Å². The van der Waals surface area contributed by atoms with Crippen LogP contribution in [0, 0.1) is 0 Å². The summed E-state index contributed by atoms with van der Waals surface area (Å²) in [7, 11) is 0. The quantitative estimate of drug-likeness (QED) is 0.801. The molecule has 1 rings (SSSR count). The maximum atomic E-state index is 9.55. The van der Waals surface area contributed by atoms with Crippen LogP contribution in [0.15, 0.2) is 12.4 Å². The average molecular weight is 196 g/mol. The Kier molecular flexibility index (Phi) is 3.32. The fourth-order valence-corrected chi connectivity index (χ4v) is 1.19. The molecule has 0 atom stereocenters. The molecule has 1 aromatic heterocycles. The Morgan fingerprint density at radius 3 is 2.57 bits per heavy atom. The van der Waals surface area contributed by atoms with Crippen LogP contribution in [0.25, 0.3) is 0 Å². The van der Waals surface area contributed by atoms with Gasteiger partial charge in [-0.2, -0.15) is 5.10 Å². The van der Waals surface area contributed by atoms with E-state index in [2.05, 4.69) is 25.1 Å². The van der Waals surface area contributed by atoms with Gasteiger partial charge >= 0.3 is 0 Å². The van der Waals surface area contributed by atoms with E-state index in [0.717, 1.165) is 13.0 Å². The van der Waals surface area contributed by atoms with Crippen molar-refractivity contribution < 1.29 is 5.11 Å². The molecule has 1 aromatic rings. The molecule has 14 heavy (non-hydrogen) atoms. The molecule has 0 saturated heterocycles. The van der Waals surface area contributed by atoms with Crippen LogP contribution in [0.5, 0.6) is 0 Å². The summed E-state index contributed by atoms with van der Waals surface area (Å²) >= 11 is 0. The molecule has 0 saturated carbocycles. The Morgan fingerprint density at radius 2 is 2.14 bits per heavy atom. The van der Waals surface area contributed by atoms with E-state index in [-0.39, 0.29) is 0 Å². The molecule has 80 valence electrons. The number of aliphatic hydroxyl groups is 1. The van der Waals surface area contributed by atoms with Crippen LogP contribution in [0.1, 0.15) is 45.6 Å². The van der Waals surface area contributed by atoms with Crippen molar-refractivity contribution in [3.63, 3.8) is 0 Å². The lowest BCUT2D eigenvalue weighted by Gasteiger charge is -2.16. The Hall–Kier alpha value is -0.830. The van der Waals surface area contributed by atoms with Crippen molar-refractivity contribution in [2.75, 3.05) is 0 Å². The summed E-state index contributed by atoms with van der Waals surface area (Å²) in [4.78, 5) is 0. The van der Waals surface area contributed by atoms with Crippen LogP contribution in [0.2, 0.25) is 0 Å². The van der Waals surface area contributed by atoms with Gasteiger partial charge in [0.1, 0.15) is 0 Å². The summed E-state index contributed by atoms with van der Waals surface area (Å²) < 4.78 is 1.90. The summed E-state index contributed by atoms with van der Waals surface area (Å²) in [6.07, 6.45) is 4.68. The predicted molar refractivity (Wildman–Crippen MR) is 57.2 cm³/mol. The first-order chi connectivity index (χ1) is 6.38. The van der Waals surface area contributed by atoms with Crippen LogP contribution >= 0.6 is 0 Å². The molecule has 0 bridgehead atoms. The highest BCUT2D eigenvalue weighted by molar-refractivity contribution is 5.08. The molecule has 0 amide bonds. The molecule has 0 aliphatic carbocycles. The van der Waals surface area contributed by atoms with Gasteiger partial charge in [-0.1, -0.05) is 13.8 Å². The second-order valence-electron chi connectivity index (χ2n) is 4.75. The van der Waals surface area contributed by atoms with Gasteiger partial charge in [0.25, 0.3) is 0 Å². The third-order valence-corrected chi connectivity index (χ3v) is 2.27. The second kappa shape index (κ2) is 4.13. The molecule has 0 unspecified atom stereocenters. The van der Waals surface area contributed by atoms with E-state index in [1.54, 1.807) is 0 Å². The summed E-state index contributed by atoms with van der Waals surface area (Å²) in [5.74, 6) is 0.519. The van der Waals surface area contributed by atoms with Crippen molar-refractivity contribution in [1.82, 2.24) is 9.78 Å². The lowest BCUT2D eigenvalue weighted by atomic mass is 10.1. The van der Waals surface area contributed by atoms with Gasteiger partial charge in [0.05, 0.1) is 11.8 Å². The van der Waals surface area contributed by atoms with Gasteiger partial charge in [0, 0.05) is 12.7 Å². The van der Waals surface area contributed by atoms with Crippen molar-refractivity contribution in [1.29, 1.82) is 0 Å². The highest BCUT2D eigenvalue weighted by Gasteiger charge is 2.12. The maximum Gasteiger partial charge on any atom is 0.0609 e. The molecule has 1 N–H and O–H groups in total. The smallest absolute Gasteiger partial charge is 0.0609 e. The molecule has 0 aliphatic heterocycles. The molecule has 0 fully saturated rings. The van der Waals surface area contributed by atoms with E-state index in [4.69, 9.17) is 0 Å². The van der Waals surface area contributed by atoms with Crippen molar-refractivity contribution in [3.8, 4) is 0 Å². The summed E-state index contributed by atoms with van der Waals surface area (Å²) in [5, 5.41) is 13.8. The zero-order chi connectivity index (χ0) is 10.8. The van der Waals surface area contributed by atoms with Gasteiger partial charge in [-0.05, 0) is 31.7 Å². The SMILES string of the molecule is CC(C)c1cnn(CCC(C)(C)O)c1. The average Bonchev–Trinajstić information content (AvgIpc) is 2.47. The minimum absolute atomic E-state index is 0.519. The lowest BCUT2D eigenvalue weighted by Crippen LogP contribution is -2.21. The van der Waals surface area contributed by atoms with Crippen molar-refractivity contribution >= 4 is 0 Å². The fourth-order valence-electron chi connectivity index (χ4n) is 1.19. The molecular weight excluding hydrogens is 176 g/mol. The number of hydrogen-bond acceptors (Lipinski definition) is 2. The zero-order valence-corrected chi connectivity index (χ0v) is 9.49. The Bertz CT molecular complexity index is 284. The third-order valence-electron chi connectivity index (χ3n) is 2.27. The first-order valence-corrected chi connectivity index (χ1v) is 5.13. The molecule has 3 nitrogen and oxygen atoms in total. The van der Waals surface area contributed by atoms with Crippen LogP contribution in [-0.4, -0.2) is 20.5 Å². The number of nitrogens with zero attached hydrogens (tertiary/aromatic N) is 2. The van der Waals surface area contributed by atoms with Gasteiger partial charge in [0.15, 0.2) is 0 Å². The lowest BCUT2D eigenvalue weighted by molar-refractivity contribution is 0.0651. The largest absolute Gasteiger partial charge is 0.390 e. The minimum atomic E-state index is -0.607. The number of rotatable bonds is 4. The van der Waals surface area contributed by atoms with Crippen molar-refractivity contribution in [2.24, 2.45) is 0 Å². The van der Waals surface area contributed by atoms with E-state index in [1.807, 2.05) is 24.7 Å². The molecule has 0 radical (unpaired) electrons. The maximum absolute atomic E-state index is 9.55. The fraction of sp³-hybridized carbons (Fsp3) is 0.727. The van der Waals surface area contributed by atoms with Gasteiger partial charge in [0.2, 0.25) is 0 Å². The molecule has 1 heterocycles. The first kappa shape index (κ1) is 11.2. The Labute approximate surface area is 85.8 Å². The Balaban J connectivity index is 2.52. The van der Waals surface area contributed by atoms with E-state index in [9.17, 15) is 5.11 Å². The second-order valence-corrected chi connectivity index (χ2v) is 4.75. The van der Waals surface area contributed by atoms with Crippen molar-refractivity contribution in [2.45, 2.75) is 52.2 Å². The van der Waals surface area contributed by atoms with Crippen LogP contribution in [-0.2, 0) is 6.54 Å². The standard InChI is InChI=1S/C11H20N2O/c1-9(2)10-7-12-13(8-10)6-5-11(3,4)14/h7-9,14H,5-6H2,1-4H3. The first-order valence-electron chi connectivity index (χ1n) is 5.13. The minimum Gasteiger partial charge on any atom is -0.390 e. The highest BCUT2D eigenvalue weighted by Crippen LogP contribution is 2.14. The number of aryl methyl sites for hydroxylation is 1. The van der Waals surface area contributed by atoms with Gasteiger partial charge in [-0.15, -0.1) is 0 Å². The summed E-state index contributed by atoms with van der Waals surface area (Å²) in [5.41, 5.74) is 0.643. The van der Waals surface area contributed by atoms with E-state index in [1.165, 1.54) is 5.56 Å². The molecule has 3 heteroatoms. The van der Waals surface area contributed by atoms with E-state index >= 15 is 0 Å². The molecule has 0 spiro atoms. The topological polar surface area (TPSA) is 38.0 Å². The predicted octanol–water partition coefficient (Wildman–Crippen LogP) is 2.17. The molecular formula is C11H20N2O. The zero-order valence-electron chi connectivity index (χ0n) is 9.49. The number of hydrogen-bond donors (Lipinski definition) is 1. The van der Waals surface area contributed by atoms with Gasteiger partial charge in [-0.25, -0.2) is 0 Å². The van der Waals surface area contributed by atoms with E-state index in [0.29, 0.717) is 5.92 Å². The molecule has 0 aliphatic rings. The third kappa shape index (κ3) is 3.50. The van der Waals surface area contributed by atoms with Gasteiger partial charge in [-0.3, -0.25) is 4.68 Å². The number of aromatic nitrogens is 2. The highest BCUT2D eigenvalue weighted by atomic mass is 16.3. The monoisotopic (exact) mass is 196 g/mol. The van der Waals surface area contributed by atoms with Crippen LogP contribution < -0.4 is 0 Å². The summed E-state index contributed by atoms with van der Waals surface area (Å²) in [6.45, 7) is 8.71. The molecule has 0 aromatic carbocycles. The normalized spacial score (nSPS) is 12.4. The van der Waals surface area contributed by atoms with Crippen LogP contribution in [0.4, 0.5) is 0 Å². The summed E-state index contributed by atoms with van der Waals surface area (Å²) in [6, 6.07) is 0. The van der Waals surface area contributed by atoms with E-state index < -0.39 is 5.60 Å². The van der Waals surface area contributed by atoms with Crippen LogP contribution in [0.3, 0.4) is 0 Å². The Morgan fingerprint density at radius 1 is 1.50 bits per heavy atom.